The zero-order valence-corrected chi connectivity index (χ0v) is 11.1. The fourth-order valence-electron chi connectivity index (χ4n) is 1.57. The average molecular weight is 272 g/mol. The quantitative estimate of drug-likeness (QED) is 0.890. The number of hydrogen-bond acceptors (Lipinski definition) is 3. The lowest BCUT2D eigenvalue weighted by atomic mass is 10.1. The van der Waals surface area contributed by atoms with Gasteiger partial charge in [-0.05, 0) is 47.6 Å². The van der Waals surface area contributed by atoms with Crippen molar-refractivity contribution in [3.8, 4) is 0 Å². The van der Waals surface area contributed by atoms with Crippen LogP contribution in [-0.4, -0.2) is 32.2 Å². The number of nitrogens with zero attached hydrogens (tertiary/aromatic N) is 2. The Hall–Kier alpha value is -0.610. The van der Waals surface area contributed by atoms with Crippen molar-refractivity contribution in [2.45, 2.75) is 6.92 Å². The Labute approximate surface area is 100 Å². The highest BCUT2D eigenvalue weighted by atomic mass is 79.9. The lowest BCUT2D eigenvalue weighted by molar-refractivity contribution is 0.541. The number of pyridine rings is 1. The fourth-order valence-corrected chi connectivity index (χ4v) is 1.80. The molecular formula is C11H18BrN3. The molecule has 0 saturated heterocycles. The summed E-state index contributed by atoms with van der Waals surface area (Å²) in [6.07, 6.45) is 1.83. The second-order valence-corrected chi connectivity index (χ2v) is 4.79. The zero-order valence-electron chi connectivity index (χ0n) is 9.50. The minimum Gasteiger partial charge on any atom is -0.359 e. The van der Waals surface area contributed by atoms with Crippen LogP contribution in [0.1, 0.15) is 6.92 Å². The molecule has 0 radical (unpaired) electrons. The summed E-state index contributed by atoms with van der Waals surface area (Å²) in [6, 6.07) is 4.04. The first-order chi connectivity index (χ1) is 7.13. The van der Waals surface area contributed by atoms with Crippen molar-refractivity contribution in [2.75, 3.05) is 32.1 Å². The van der Waals surface area contributed by atoms with Gasteiger partial charge in [-0.2, -0.15) is 0 Å². The zero-order chi connectivity index (χ0) is 11.3. The predicted molar refractivity (Wildman–Crippen MR) is 68.3 cm³/mol. The van der Waals surface area contributed by atoms with Crippen molar-refractivity contribution in [3.05, 3.63) is 22.8 Å². The van der Waals surface area contributed by atoms with Gasteiger partial charge in [0.15, 0.2) is 0 Å². The van der Waals surface area contributed by atoms with Gasteiger partial charge in [-0.15, -0.1) is 0 Å². The summed E-state index contributed by atoms with van der Waals surface area (Å²) in [6.45, 7) is 4.27. The maximum atomic E-state index is 4.35. The highest BCUT2D eigenvalue weighted by Crippen LogP contribution is 2.14. The van der Waals surface area contributed by atoms with Crippen LogP contribution < -0.4 is 10.2 Å². The molecule has 0 aliphatic heterocycles. The molecular weight excluding hydrogens is 254 g/mol. The van der Waals surface area contributed by atoms with Crippen LogP contribution in [0.2, 0.25) is 0 Å². The number of aromatic nitrogens is 1. The first-order valence-electron chi connectivity index (χ1n) is 5.10. The molecule has 15 heavy (non-hydrogen) atoms. The number of halogens is 1. The van der Waals surface area contributed by atoms with Crippen molar-refractivity contribution in [2.24, 2.45) is 5.92 Å². The number of rotatable bonds is 5. The van der Waals surface area contributed by atoms with E-state index in [0.717, 1.165) is 23.4 Å². The third-order valence-electron chi connectivity index (χ3n) is 2.24. The van der Waals surface area contributed by atoms with E-state index in [1.807, 2.05) is 25.4 Å². The Morgan fingerprint density at radius 1 is 1.53 bits per heavy atom. The highest BCUT2D eigenvalue weighted by Gasteiger charge is 2.07. The van der Waals surface area contributed by atoms with E-state index in [9.17, 15) is 0 Å². The summed E-state index contributed by atoms with van der Waals surface area (Å²) in [7, 11) is 4.05. The van der Waals surface area contributed by atoms with Gasteiger partial charge in [0, 0.05) is 24.3 Å². The second-order valence-electron chi connectivity index (χ2n) is 3.88. The van der Waals surface area contributed by atoms with E-state index in [0.29, 0.717) is 5.92 Å². The molecule has 0 bridgehead atoms. The van der Waals surface area contributed by atoms with E-state index in [1.165, 1.54) is 0 Å². The van der Waals surface area contributed by atoms with Crippen molar-refractivity contribution < 1.29 is 0 Å². The predicted octanol–water partition coefficient (Wildman–Crippen LogP) is 2.14. The third-order valence-corrected chi connectivity index (χ3v) is 2.71. The molecule has 1 rings (SSSR count). The van der Waals surface area contributed by atoms with Crippen LogP contribution in [0.5, 0.6) is 0 Å². The van der Waals surface area contributed by atoms with Crippen LogP contribution in [0, 0.1) is 5.92 Å². The number of nitrogens with one attached hydrogen (secondary N) is 1. The van der Waals surface area contributed by atoms with Crippen molar-refractivity contribution >= 4 is 21.7 Å². The van der Waals surface area contributed by atoms with Crippen LogP contribution in [0.3, 0.4) is 0 Å². The van der Waals surface area contributed by atoms with Crippen LogP contribution in [-0.2, 0) is 0 Å². The Morgan fingerprint density at radius 2 is 2.27 bits per heavy atom. The summed E-state index contributed by atoms with van der Waals surface area (Å²) in [5, 5.41) is 3.18. The first kappa shape index (κ1) is 12.5. The minimum atomic E-state index is 0.616. The Bertz CT molecular complexity index is 286. The van der Waals surface area contributed by atoms with Crippen molar-refractivity contribution in [1.82, 2.24) is 10.3 Å². The number of anilines is 1. The maximum absolute atomic E-state index is 4.35. The molecule has 0 saturated carbocycles. The lowest BCUT2D eigenvalue weighted by Crippen LogP contribution is -2.30. The average Bonchev–Trinajstić information content (AvgIpc) is 2.18. The number of hydrogen-bond donors (Lipinski definition) is 1. The van der Waals surface area contributed by atoms with Gasteiger partial charge in [0.05, 0.1) is 0 Å². The Morgan fingerprint density at radius 3 is 2.80 bits per heavy atom. The Balaban J connectivity index is 2.53. The summed E-state index contributed by atoms with van der Waals surface area (Å²) < 4.78 is 1.02. The molecule has 84 valence electrons. The van der Waals surface area contributed by atoms with Gasteiger partial charge in [-0.25, -0.2) is 4.98 Å². The Kier molecular flexibility index (Phi) is 5.05. The van der Waals surface area contributed by atoms with Gasteiger partial charge in [-0.3, -0.25) is 0 Å². The van der Waals surface area contributed by atoms with E-state index in [2.05, 4.69) is 45.1 Å². The topological polar surface area (TPSA) is 28.2 Å². The van der Waals surface area contributed by atoms with E-state index in [1.54, 1.807) is 0 Å². The monoisotopic (exact) mass is 271 g/mol. The molecule has 1 N–H and O–H groups in total. The molecule has 0 amide bonds. The molecule has 0 aliphatic rings. The molecule has 1 unspecified atom stereocenters. The van der Waals surface area contributed by atoms with Gasteiger partial charge in [0.1, 0.15) is 5.82 Å². The maximum Gasteiger partial charge on any atom is 0.128 e. The molecule has 4 heteroatoms. The molecule has 3 nitrogen and oxygen atoms in total. The first-order valence-corrected chi connectivity index (χ1v) is 5.90. The van der Waals surface area contributed by atoms with Gasteiger partial charge in [0.25, 0.3) is 0 Å². The van der Waals surface area contributed by atoms with Gasteiger partial charge in [-0.1, -0.05) is 6.92 Å². The third kappa shape index (κ3) is 4.18. The fraction of sp³-hybridized carbons (Fsp3) is 0.545. The van der Waals surface area contributed by atoms with E-state index < -0.39 is 0 Å². The van der Waals surface area contributed by atoms with Crippen LogP contribution in [0.25, 0.3) is 0 Å². The van der Waals surface area contributed by atoms with E-state index >= 15 is 0 Å². The summed E-state index contributed by atoms with van der Waals surface area (Å²) in [4.78, 5) is 6.53. The molecule has 0 fully saturated rings. The van der Waals surface area contributed by atoms with Crippen molar-refractivity contribution in [3.63, 3.8) is 0 Å². The van der Waals surface area contributed by atoms with Crippen LogP contribution in [0.4, 0.5) is 5.82 Å². The summed E-state index contributed by atoms with van der Waals surface area (Å²) in [5.74, 6) is 1.63. The molecule has 1 heterocycles. The SMILES string of the molecule is CNCC(C)CN(C)c1ccc(Br)cn1. The standard InChI is InChI=1S/C11H18BrN3/c1-9(6-13-2)8-15(3)11-5-4-10(12)7-14-11/h4-5,7,9,13H,6,8H2,1-3H3. The lowest BCUT2D eigenvalue weighted by Gasteiger charge is -2.22. The van der Waals surface area contributed by atoms with Crippen LogP contribution in [0.15, 0.2) is 22.8 Å². The molecule has 0 aromatic carbocycles. The summed E-state index contributed by atoms with van der Waals surface area (Å²) in [5.41, 5.74) is 0. The molecule has 0 spiro atoms. The minimum absolute atomic E-state index is 0.616. The molecule has 1 atom stereocenters. The van der Waals surface area contributed by atoms with Gasteiger partial charge in [0.2, 0.25) is 0 Å². The normalized spacial score (nSPS) is 12.5. The largest absolute Gasteiger partial charge is 0.359 e. The van der Waals surface area contributed by atoms with Crippen LogP contribution >= 0.6 is 15.9 Å². The van der Waals surface area contributed by atoms with E-state index in [-0.39, 0.29) is 0 Å². The van der Waals surface area contributed by atoms with Gasteiger partial charge >= 0.3 is 0 Å². The van der Waals surface area contributed by atoms with Gasteiger partial charge < -0.3 is 10.2 Å². The molecule has 1 aromatic heterocycles. The van der Waals surface area contributed by atoms with Crippen molar-refractivity contribution in [1.29, 1.82) is 0 Å². The van der Waals surface area contributed by atoms with E-state index in [4.69, 9.17) is 0 Å². The summed E-state index contributed by atoms with van der Waals surface area (Å²) >= 11 is 3.38. The molecule has 0 aliphatic carbocycles. The second kappa shape index (κ2) is 6.08. The molecule has 1 aromatic rings. The highest BCUT2D eigenvalue weighted by molar-refractivity contribution is 9.10. The smallest absolute Gasteiger partial charge is 0.128 e.